The van der Waals surface area contributed by atoms with Crippen molar-refractivity contribution in [2.45, 2.75) is 32.1 Å². The molecule has 0 saturated carbocycles. The predicted octanol–water partition coefficient (Wildman–Crippen LogP) is 5.50. The van der Waals surface area contributed by atoms with Crippen LogP contribution in [0.5, 0.6) is 0 Å². The number of ketones is 1. The monoisotopic (exact) mass is 461 g/mol. The van der Waals surface area contributed by atoms with Crippen LogP contribution in [0.3, 0.4) is 0 Å². The number of nitrogens with one attached hydrogen (secondary N) is 1. The molecular formula is C21H17F6NO4. The van der Waals surface area contributed by atoms with Crippen LogP contribution in [0, 0.1) is 0 Å². The maximum absolute atomic E-state index is 12.9. The molecule has 0 heterocycles. The summed E-state index contributed by atoms with van der Waals surface area (Å²) >= 11 is 0. The third kappa shape index (κ3) is 6.82. The lowest BCUT2D eigenvalue weighted by atomic mass is 10.0. The number of hydrogen-bond acceptors (Lipinski definition) is 4. The van der Waals surface area contributed by atoms with Gasteiger partial charge in [-0.25, -0.2) is 4.79 Å². The SMILES string of the molecule is CCCC(=O)Nc1ccc(C(=O)COC(=O)c2cc(C(F)(F)F)cc(C(F)(F)F)c2)cc1. The molecule has 0 atom stereocenters. The zero-order valence-electron chi connectivity index (χ0n) is 16.6. The van der Waals surface area contributed by atoms with Crippen molar-refractivity contribution in [3.8, 4) is 0 Å². The van der Waals surface area contributed by atoms with Crippen molar-refractivity contribution in [1.82, 2.24) is 0 Å². The van der Waals surface area contributed by atoms with Crippen molar-refractivity contribution in [2.75, 3.05) is 11.9 Å². The highest BCUT2D eigenvalue weighted by Crippen LogP contribution is 2.36. The molecule has 0 radical (unpaired) electrons. The summed E-state index contributed by atoms with van der Waals surface area (Å²) in [5.74, 6) is -2.48. The van der Waals surface area contributed by atoms with Gasteiger partial charge in [-0.2, -0.15) is 26.3 Å². The average molecular weight is 461 g/mol. The summed E-state index contributed by atoms with van der Waals surface area (Å²) in [5, 5.41) is 2.60. The molecule has 32 heavy (non-hydrogen) atoms. The Kier molecular flexibility index (Phi) is 7.65. The van der Waals surface area contributed by atoms with Crippen molar-refractivity contribution >= 4 is 23.3 Å². The van der Waals surface area contributed by atoms with E-state index in [0.717, 1.165) is 0 Å². The minimum Gasteiger partial charge on any atom is -0.454 e. The van der Waals surface area contributed by atoms with E-state index in [1.165, 1.54) is 24.3 Å². The molecule has 0 aromatic heterocycles. The molecule has 0 spiro atoms. The standard InChI is InChI=1S/C21H17F6NO4/c1-2-3-18(30)28-16-6-4-12(5-7-16)17(29)11-32-19(31)13-8-14(20(22,23)24)10-15(9-13)21(25,26)27/h4-10H,2-3,11H2,1H3,(H,28,30). The van der Waals surface area contributed by atoms with Crippen LogP contribution in [0.4, 0.5) is 32.0 Å². The number of ether oxygens (including phenoxy) is 1. The van der Waals surface area contributed by atoms with Gasteiger partial charge >= 0.3 is 18.3 Å². The second kappa shape index (κ2) is 9.84. The van der Waals surface area contributed by atoms with Crippen LogP contribution in [0.25, 0.3) is 0 Å². The van der Waals surface area contributed by atoms with E-state index >= 15 is 0 Å². The van der Waals surface area contributed by atoms with E-state index < -0.39 is 47.4 Å². The fraction of sp³-hybridized carbons (Fsp3) is 0.286. The van der Waals surface area contributed by atoms with E-state index in [0.29, 0.717) is 18.5 Å². The van der Waals surface area contributed by atoms with Crippen LogP contribution in [0.1, 0.15) is 51.6 Å². The second-order valence-electron chi connectivity index (χ2n) is 6.67. The van der Waals surface area contributed by atoms with Gasteiger partial charge in [0, 0.05) is 17.7 Å². The highest BCUT2D eigenvalue weighted by molar-refractivity contribution is 6.00. The Hall–Kier alpha value is -3.37. The van der Waals surface area contributed by atoms with Gasteiger partial charge in [-0.3, -0.25) is 9.59 Å². The van der Waals surface area contributed by atoms with Gasteiger partial charge in [0.2, 0.25) is 5.91 Å². The Labute approximate surface area is 178 Å². The number of carbonyl (C=O) groups is 3. The molecule has 1 N–H and O–H groups in total. The maximum Gasteiger partial charge on any atom is 0.416 e. The largest absolute Gasteiger partial charge is 0.454 e. The minimum atomic E-state index is -5.12. The predicted molar refractivity (Wildman–Crippen MR) is 101 cm³/mol. The van der Waals surface area contributed by atoms with Gasteiger partial charge in [0.25, 0.3) is 0 Å². The summed E-state index contributed by atoms with van der Waals surface area (Å²) in [5.41, 5.74) is -3.86. The van der Waals surface area contributed by atoms with Crippen molar-refractivity contribution in [2.24, 2.45) is 0 Å². The van der Waals surface area contributed by atoms with Crippen molar-refractivity contribution in [3.63, 3.8) is 0 Å². The molecule has 5 nitrogen and oxygen atoms in total. The van der Waals surface area contributed by atoms with Crippen LogP contribution < -0.4 is 5.32 Å². The first-order valence-electron chi connectivity index (χ1n) is 9.21. The van der Waals surface area contributed by atoms with E-state index in [1.54, 1.807) is 0 Å². The van der Waals surface area contributed by atoms with Gasteiger partial charge in [-0.05, 0) is 48.9 Å². The summed E-state index contributed by atoms with van der Waals surface area (Å²) in [4.78, 5) is 35.7. The molecule has 0 bridgehead atoms. The minimum absolute atomic E-state index is 0.0614. The molecule has 2 aromatic carbocycles. The summed E-state index contributed by atoms with van der Waals surface area (Å²) in [6, 6.07) is 5.80. The highest BCUT2D eigenvalue weighted by Gasteiger charge is 2.37. The van der Waals surface area contributed by atoms with E-state index in [4.69, 9.17) is 0 Å². The van der Waals surface area contributed by atoms with E-state index in [-0.39, 0.29) is 29.7 Å². The zero-order chi connectivity index (χ0) is 24.1. The molecular weight excluding hydrogens is 444 g/mol. The molecule has 172 valence electrons. The van der Waals surface area contributed by atoms with Crippen molar-refractivity contribution in [1.29, 1.82) is 0 Å². The number of esters is 1. The summed E-state index contributed by atoms with van der Waals surface area (Å²) < 4.78 is 82.0. The lowest BCUT2D eigenvalue weighted by Crippen LogP contribution is -2.17. The lowest BCUT2D eigenvalue weighted by molar-refractivity contribution is -0.143. The molecule has 2 aromatic rings. The lowest BCUT2D eigenvalue weighted by Gasteiger charge is -2.13. The van der Waals surface area contributed by atoms with Gasteiger partial charge in [-0.1, -0.05) is 6.92 Å². The quantitative estimate of drug-likeness (QED) is 0.336. The van der Waals surface area contributed by atoms with Gasteiger partial charge in [0.1, 0.15) is 0 Å². The van der Waals surface area contributed by atoms with Gasteiger partial charge in [0.05, 0.1) is 16.7 Å². The number of hydrogen-bond donors (Lipinski definition) is 1. The van der Waals surface area contributed by atoms with Gasteiger partial charge < -0.3 is 10.1 Å². The number of alkyl halides is 6. The molecule has 0 fully saturated rings. The highest BCUT2D eigenvalue weighted by atomic mass is 19.4. The summed E-state index contributed by atoms with van der Waals surface area (Å²) in [6.45, 7) is 0.921. The van der Waals surface area contributed by atoms with Gasteiger partial charge in [-0.15, -0.1) is 0 Å². The molecule has 11 heteroatoms. The number of carbonyl (C=O) groups excluding carboxylic acids is 3. The Morgan fingerprint density at radius 2 is 1.38 bits per heavy atom. The third-order valence-electron chi connectivity index (χ3n) is 4.13. The molecule has 0 aliphatic heterocycles. The first-order valence-corrected chi connectivity index (χ1v) is 9.21. The van der Waals surface area contributed by atoms with E-state index in [1.807, 2.05) is 6.92 Å². The number of benzene rings is 2. The third-order valence-corrected chi connectivity index (χ3v) is 4.13. The average Bonchev–Trinajstić information content (AvgIpc) is 2.70. The molecule has 0 unspecified atom stereocenters. The maximum atomic E-state index is 12.9. The Morgan fingerprint density at radius 1 is 0.844 bits per heavy atom. The number of halogens is 6. The topological polar surface area (TPSA) is 72.5 Å². The molecule has 1 amide bonds. The number of amides is 1. The van der Waals surface area contributed by atoms with E-state index in [9.17, 15) is 40.7 Å². The number of Topliss-reactive ketones (excluding diaryl/α,β-unsaturated/α-hetero) is 1. The smallest absolute Gasteiger partial charge is 0.416 e. The Balaban J connectivity index is 2.10. The number of anilines is 1. The van der Waals surface area contributed by atoms with Crippen LogP contribution in [-0.4, -0.2) is 24.3 Å². The van der Waals surface area contributed by atoms with Crippen LogP contribution in [-0.2, 0) is 21.9 Å². The van der Waals surface area contributed by atoms with E-state index in [2.05, 4.69) is 10.1 Å². The fourth-order valence-corrected chi connectivity index (χ4v) is 2.56. The van der Waals surface area contributed by atoms with Crippen molar-refractivity contribution < 1.29 is 45.5 Å². The molecule has 0 aliphatic carbocycles. The summed E-state index contributed by atoms with van der Waals surface area (Å²) in [6.07, 6.45) is -9.30. The fourth-order valence-electron chi connectivity index (χ4n) is 2.56. The van der Waals surface area contributed by atoms with Gasteiger partial charge in [0.15, 0.2) is 12.4 Å². The normalized spacial score (nSPS) is 11.7. The number of rotatable bonds is 7. The molecule has 0 saturated heterocycles. The van der Waals surface area contributed by atoms with Crippen LogP contribution in [0.15, 0.2) is 42.5 Å². The Bertz CT molecular complexity index is 965. The summed E-state index contributed by atoms with van der Waals surface area (Å²) in [7, 11) is 0. The first-order chi connectivity index (χ1) is 14.8. The molecule has 2 rings (SSSR count). The first kappa shape index (κ1) is 24.9. The van der Waals surface area contributed by atoms with Crippen LogP contribution >= 0.6 is 0 Å². The molecule has 0 aliphatic rings. The zero-order valence-corrected chi connectivity index (χ0v) is 16.6. The van der Waals surface area contributed by atoms with Crippen molar-refractivity contribution in [3.05, 3.63) is 64.7 Å². The second-order valence-corrected chi connectivity index (χ2v) is 6.67. The van der Waals surface area contributed by atoms with Crippen LogP contribution in [0.2, 0.25) is 0 Å². The Morgan fingerprint density at radius 3 is 1.84 bits per heavy atom.